The molecule has 0 aliphatic carbocycles. The second-order valence-electron chi connectivity index (χ2n) is 5.20. The number of aliphatic hydroxyl groups excluding tert-OH is 1. The molecule has 1 saturated heterocycles. The van der Waals surface area contributed by atoms with E-state index in [0.717, 1.165) is 16.5 Å². The Morgan fingerprint density at radius 1 is 1.05 bits per heavy atom. The van der Waals surface area contributed by atoms with Crippen LogP contribution in [0.4, 0.5) is 0 Å². The number of carbonyl (C=O) groups is 2. The number of aromatic nitrogens is 1. The quantitative estimate of drug-likeness (QED) is 0.641. The standard InChI is InChI=1S/C15H17N3O3/c19-6-5-12-14(20)18-13(15(21)17-12)7-9-8-16-11-4-2-1-3-10(9)11/h1-4,8,12-13,16,19H,5-7H2,(H,17,21)(H,18,20)/t12-,13-/m0/s1. The Balaban J connectivity index is 1.76. The second-order valence-corrected chi connectivity index (χ2v) is 5.20. The average molecular weight is 287 g/mol. The Kier molecular flexibility index (Phi) is 3.62. The van der Waals surface area contributed by atoms with Crippen LogP contribution >= 0.6 is 0 Å². The van der Waals surface area contributed by atoms with Crippen molar-refractivity contribution >= 4 is 22.7 Å². The monoisotopic (exact) mass is 287 g/mol. The molecule has 2 heterocycles. The van der Waals surface area contributed by atoms with Crippen molar-refractivity contribution in [3.05, 3.63) is 36.0 Å². The summed E-state index contributed by atoms with van der Waals surface area (Å²) in [7, 11) is 0. The third-order valence-corrected chi connectivity index (χ3v) is 3.78. The maximum atomic E-state index is 12.1. The maximum absolute atomic E-state index is 12.1. The molecule has 1 aromatic heterocycles. The Bertz CT molecular complexity index is 680. The second kappa shape index (κ2) is 5.57. The lowest BCUT2D eigenvalue weighted by molar-refractivity contribution is -0.137. The molecule has 0 bridgehead atoms. The van der Waals surface area contributed by atoms with E-state index in [1.807, 2.05) is 30.5 Å². The summed E-state index contributed by atoms with van der Waals surface area (Å²) in [5.74, 6) is -0.452. The van der Waals surface area contributed by atoms with Gasteiger partial charge in [0.05, 0.1) is 0 Å². The van der Waals surface area contributed by atoms with Gasteiger partial charge < -0.3 is 20.7 Å². The van der Waals surface area contributed by atoms with Gasteiger partial charge in [-0.25, -0.2) is 0 Å². The third kappa shape index (κ3) is 2.62. The number of aliphatic hydroxyl groups is 1. The molecule has 1 fully saturated rings. The zero-order valence-electron chi connectivity index (χ0n) is 11.4. The van der Waals surface area contributed by atoms with Gasteiger partial charge >= 0.3 is 0 Å². The summed E-state index contributed by atoms with van der Waals surface area (Å²) in [5, 5.41) is 15.3. The fraction of sp³-hybridized carbons (Fsp3) is 0.333. The summed E-state index contributed by atoms with van der Waals surface area (Å²) < 4.78 is 0. The molecule has 6 nitrogen and oxygen atoms in total. The molecule has 3 rings (SSSR count). The summed E-state index contributed by atoms with van der Waals surface area (Å²) in [6.07, 6.45) is 2.54. The van der Waals surface area contributed by atoms with Gasteiger partial charge in [0.1, 0.15) is 12.1 Å². The highest BCUT2D eigenvalue weighted by Gasteiger charge is 2.33. The first-order chi connectivity index (χ1) is 10.2. The lowest BCUT2D eigenvalue weighted by atomic mass is 10.0. The Hall–Kier alpha value is -2.34. The van der Waals surface area contributed by atoms with Gasteiger partial charge in [-0.05, 0) is 18.1 Å². The number of fused-ring (bicyclic) bond motifs is 1. The predicted octanol–water partition coefficient (Wildman–Crippen LogP) is 0.0760. The number of rotatable bonds is 4. The first-order valence-electron chi connectivity index (χ1n) is 6.95. The van der Waals surface area contributed by atoms with Crippen molar-refractivity contribution in [3.8, 4) is 0 Å². The highest BCUT2D eigenvalue weighted by atomic mass is 16.3. The van der Waals surface area contributed by atoms with Gasteiger partial charge in [-0.3, -0.25) is 9.59 Å². The fourth-order valence-corrected chi connectivity index (χ4v) is 2.67. The SMILES string of the molecule is O=C1N[C@@H](Cc2c[nH]c3ccccc23)C(=O)N[C@H]1CCO. The average Bonchev–Trinajstić information content (AvgIpc) is 2.88. The summed E-state index contributed by atoms with van der Waals surface area (Å²) >= 11 is 0. The summed E-state index contributed by atoms with van der Waals surface area (Å²) in [5.41, 5.74) is 2.00. The van der Waals surface area contributed by atoms with Crippen LogP contribution in [0, 0.1) is 0 Å². The largest absolute Gasteiger partial charge is 0.396 e. The van der Waals surface area contributed by atoms with Gasteiger partial charge in [0.15, 0.2) is 0 Å². The number of hydrogen-bond donors (Lipinski definition) is 4. The van der Waals surface area contributed by atoms with Crippen LogP contribution in [-0.2, 0) is 16.0 Å². The molecule has 1 aromatic carbocycles. The van der Waals surface area contributed by atoms with Crippen molar-refractivity contribution < 1.29 is 14.7 Å². The molecule has 1 aliphatic rings. The number of benzene rings is 1. The van der Waals surface area contributed by atoms with Gasteiger partial charge in [-0.2, -0.15) is 0 Å². The number of H-pyrrole nitrogens is 1. The van der Waals surface area contributed by atoms with Gasteiger partial charge in [-0.15, -0.1) is 0 Å². The minimum Gasteiger partial charge on any atom is -0.396 e. The number of aromatic amines is 1. The number of hydrogen-bond acceptors (Lipinski definition) is 3. The molecule has 2 amide bonds. The number of piperazine rings is 1. The molecular formula is C15H17N3O3. The van der Waals surface area contributed by atoms with E-state index in [-0.39, 0.29) is 24.8 Å². The molecule has 4 N–H and O–H groups in total. The van der Waals surface area contributed by atoms with Crippen molar-refractivity contribution in [3.63, 3.8) is 0 Å². The normalized spacial score (nSPS) is 22.1. The lowest BCUT2D eigenvalue weighted by Gasteiger charge is -2.29. The van der Waals surface area contributed by atoms with Crippen LogP contribution in [-0.4, -0.2) is 40.6 Å². The molecular weight excluding hydrogens is 270 g/mol. The topological polar surface area (TPSA) is 94.2 Å². The van der Waals surface area contributed by atoms with E-state index in [9.17, 15) is 9.59 Å². The smallest absolute Gasteiger partial charge is 0.243 e. The molecule has 0 saturated carbocycles. The molecule has 110 valence electrons. The molecule has 2 atom stereocenters. The fourth-order valence-electron chi connectivity index (χ4n) is 2.67. The van der Waals surface area contributed by atoms with E-state index < -0.39 is 12.1 Å². The van der Waals surface area contributed by atoms with E-state index >= 15 is 0 Å². The van der Waals surface area contributed by atoms with Gasteiger partial charge in [0.2, 0.25) is 11.8 Å². The number of para-hydroxylation sites is 1. The molecule has 2 aromatic rings. The zero-order valence-corrected chi connectivity index (χ0v) is 11.4. The number of carbonyl (C=O) groups excluding carboxylic acids is 2. The Morgan fingerprint density at radius 3 is 2.57 bits per heavy atom. The Morgan fingerprint density at radius 2 is 1.76 bits per heavy atom. The summed E-state index contributed by atoms with van der Waals surface area (Å²) in [6, 6.07) is 6.62. The van der Waals surface area contributed by atoms with E-state index in [1.165, 1.54) is 0 Å². The highest BCUT2D eigenvalue weighted by molar-refractivity contribution is 5.97. The number of nitrogens with one attached hydrogen (secondary N) is 3. The van der Waals surface area contributed by atoms with E-state index in [4.69, 9.17) is 5.11 Å². The maximum Gasteiger partial charge on any atom is 0.243 e. The van der Waals surface area contributed by atoms with Crippen molar-refractivity contribution in [2.24, 2.45) is 0 Å². The minimum atomic E-state index is -0.637. The minimum absolute atomic E-state index is 0.133. The first kappa shape index (κ1) is 13.6. The molecule has 0 radical (unpaired) electrons. The molecule has 1 aliphatic heterocycles. The van der Waals surface area contributed by atoms with Crippen LogP contribution in [0.2, 0.25) is 0 Å². The highest BCUT2D eigenvalue weighted by Crippen LogP contribution is 2.19. The van der Waals surface area contributed by atoms with Crippen molar-refractivity contribution in [2.45, 2.75) is 24.9 Å². The van der Waals surface area contributed by atoms with Gasteiger partial charge in [-0.1, -0.05) is 18.2 Å². The molecule has 21 heavy (non-hydrogen) atoms. The van der Waals surface area contributed by atoms with E-state index in [1.54, 1.807) is 0 Å². The summed E-state index contributed by atoms with van der Waals surface area (Å²) in [4.78, 5) is 27.1. The van der Waals surface area contributed by atoms with Crippen LogP contribution in [0.3, 0.4) is 0 Å². The predicted molar refractivity (Wildman–Crippen MR) is 77.6 cm³/mol. The van der Waals surface area contributed by atoms with Crippen molar-refractivity contribution in [2.75, 3.05) is 6.61 Å². The van der Waals surface area contributed by atoms with E-state index in [2.05, 4.69) is 15.6 Å². The van der Waals surface area contributed by atoms with Gasteiger partial charge in [0, 0.05) is 30.1 Å². The first-order valence-corrected chi connectivity index (χ1v) is 6.95. The molecule has 6 heteroatoms. The van der Waals surface area contributed by atoms with Crippen LogP contribution in [0.15, 0.2) is 30.5 Å². The van der Waals surface area contributed by atoms with Crippen LogP contribution in [0.25, 0.3) is 10.9 Å². The van der Waals surface area contributed by atoms with Gasteiger partial charge in [0.25, 0.3) is 0 Å². The molecule has 0 spiro atoms. The summed E-state index contributed by atoms with van der Waals surface area (Å²) in [6.45, 7) is -0.133. The van der Waals surface area contributed by atoms with Crippen LogP contribution < -0.4 is 10.6 Å². The van der Waals surface area contributed by atoms with Crippen LogP contribution in [0.5, 0.6) is 0 Å². The zero-order chi connectivity index (χ0) is 14.8. The van der Waals surface area contributed by atoms with Crippen LogP contribution in [0.1, 0.15) is 12.0 Å². The van der Waals surface area contributed by atoms with Crippen molar-refractivity contribution in [1.82, 2.24) is 15.6 Å². The third-order valence-electron chi connectivity index (χ3n) is 3.78. The molecule has 0 unspecified atom stereocenters. The number of amides is 2. The van der Waals surface area contributed by atoms with Crippen molar-refractivity contribution in [1.29, 1.82) is 0 Å². The lowest BCUT2D eigenvalue weighted by Crippen LogP contribution is -2.62. The Labute approximate surface area is 121 Å². The van der Waals surface area contributed by atoms with E-state index in [0.29, 0.717) is 6.42 Å².